The summed E-state index contributed by atoms with van der Waals surface area (Å²) in [6.07, 6.45) is 5.88. The molecule has 0 radical (unpaired) electrons. The van der Waals surface area contributed by atoms with Gasteiger partial charge < -0.3 is 66.0 Å². The van der Waals surface area contributed by atoms with E-state index in [1.807, 2.05) is 68.1 Å². The fraction of sp³-hybridized carbons (Fsp3) is 0.364. The Morgan fingerprint density at radius 2 is 1.71 bits per heavy atom. The maximum atomic E-state index is 13.7. The van der Waals surface area contributed by atoms with Crippen LogP contribution in [0.4, 0.5) is 33.8 Å². The van der Waals surface area contributed by atoms with Crippen LogP contribution in [0.5, 0.6) is 11.5 Å². The number of aromatic nitrogens is 5. The van der Waals surface area contributed by atoms with Crippen LogP contribution >= 0.6 is 11.6 Å². The molecule has 2 aliphatic rings. The fourth-order valence-electron chi connectivity index (χ4n) is 9.52. The molecule has 8 N–H and O–H groups in total. The van der Waals surface area contributed by atoms with Crippen molar-refractivity contribution in [1.82, 2.24) is 55.8 Å². The highest BCUT2D eigenvalue weighted by molar-refractivity contribution is 6.33. The zero-order valence-corrected chi connectivity index (χ0v) is 45.9. The van der Waals surface area contributed by atoms with E-state index < -0.39 is 17.0 Å². The van der Waals surface area contributed by atoms with Gasteiger partial charge >= 0.3 is 6.03 Å². The van der Waals surface area contributed by atoms with Crippen LogP contribution < -0.4 is 57.2 Å². The average molecular weight is 1100 g/mol. The molecule has 1 fully saturated rings. The normalized spacial score (nSPS) is 14.4. The largest absolute Gasteiger partial charge is 0.494 e. The number of ether oxygens (including phenoxy) is 2. The lowest BCUT2D eigenvalue weighted by atomic mass is 9.96. The van der Waals surface area contributed by atoms with E-state index in [1.165, 1.54) is 31.0 Å². The molecule has 6 amide bonds. The minimum atomic E-state index is -0.724. The molecule has 1 atom stereocenters. The zero-order valence-electron chi connectivity index (χ0n) is 45.2. The monoisotopic (exact) mass is 1100 g/mol. The third-order valence-electron chi connectivity index (χ3n) is 14.0. The summed E-state index contributed by atoms with van der Waals surface area (Å²) in [5, 5.41) is 29.1. The Bertz CT molecular complexity index is 3290. The molecule has 416 valence electrons. The number of carbonyl (C=O) groups is 5. The summed E-state index contributed by atoms with van der Waals surface area (Å²) in [5.74, 6) is 0.210. The van der Waals surface area contributed by atoms with Crippen LogP contribution in [0.15, 0.2) is 95.9 Å². The van der Waals surface area contributed by atoms with Crippen LogP contribution in [-0.2, 0) is 33.5 Å². The van der Waals surface area contributed by atoms with Crippen molar-refractivity contribution in [3.63, 3.8) is 0 Å². The summed E-state index contributed by atoms with van der Waals surface area (Å²) in [6, 6.07) is 20.8. The fourth-order valence-corrected chi connectivity index (χ4v) is 9.66. The average Bonchev–Trinajstić information content (AvgIpc) is 4.24. The minimum absolute atomic E-state index is 0.00201. The number of aromatic amines is 1. The van der Waals surface area contributed by atoms with E-state index in [0.29, 0.717) is 103 Å². The maximum Gasteiger partial charge on any atom is 0.319 e. The first-order chi connectivity index (χ1) is 38.0. The second-order valence-corrected chi connectivity index (χ2v) is 20.1. The summed E-state index contributed by atoms with van der Waals surface area (Å²) < 4.78 is 12.6. The van der Waals surface area contributed by atoms with Crippen LogP contribution in [0.3, 0.4) is 0 Å². The van der Waals surface area contributed by atoms with Gasteiger partial charge in [-0.3, -0.25) is 29.1 Å². The van der Waals surface area contributed by atoms with E-state index in [2.05, 4.69) is 52.4 Å². The highest BCUT2D eigenvalue weighted by Crippen LogP contribution is 2.41. The number of hydrogen-bond donors (Lipinski definition) is 8. The Hall–Kier alpha value is -8.54. The number of anilines is 5. The molecular formula is C55H66ClN15O8. The number of benzene rings is 3. The summed E-state index contributed by atoms with van der Waals surface area (Å²) >= 11 is 6.57. The van der Waals surface area contributed by atoms with Crippen molar-refractivity contribution < 1.29 is 33.4 Å². The SMILES string of the molecule is CNC[C@@H](NC(=O)N1Cc2c(NC(=O)c3ccc(NC(=O)/C=C/CN(C)CCNC(=O)C4CCN(c5ncc(Cl)c(Nc6cc(OC)c7c(c6)cc(OCC(=O)NC)c(=O)n7C)n5)CC4)cc3)n[nH]c2C1(C)C)c1ccccc1. The number of amides is 6. The Kier molecular flexibility index (Phi) is 18.1. The Labute approximate surface area is 461 Å². The van der Waals surface area contributed by atoms with Gasteiger partial charge in [0, 0.05) is 99.3 Å². The standard InChI is InChI=1S/C55H66ClN15O8/c1-55(2)47-39(31-71(55)54(77)63-41(30-57-3)33-12-9-8-10-13-33)48(67-66-47)64-51(75)34-15-17-37(18-16-34)61-44(72)14-11-22-68(5)25-21-59-50(74)35-19-23-70(24-20-35)53-60-29-40(56)49(65-53)62-38-26-36-27-43(79-32-45(73)58-4)52(76)69(6)46(36)42(28-38)78-7/h8-18,26-29,35,41,57H,19-25,30-32H2,1-7H3,(H,58,73)(H,59,74)(H,61,72)(H,63,77)(H,60,62,65)(H2,64,66,67,75)/b14-11+/t41-/m1/s1. The number of nitrogens with zero attached hydrogens (tertiary/aromatic N) is 7. The molecule has 6 aromatic rings. The predicted octanol–water partition coefficient (Wildman–Crippen LogP) is 5.01. The van der Waals surface area contributed by atoms with Crippen LogP contribution in [0.2, 0.25) is 5.02 Å². The van der Waals surface area contributed by atoms with Crippen LogP contribution in [0.1, 0.15) is 59.9 Å². The molecule has 24 heteroatoms. The quantitative estimate of drug-likeness (QED) is 0.0440. The molecule has 0 saturated carbocycles. The second kappa shape index (κ2) is 25.3. The maximum absolute atomic E-state index is 13.7. The molecule has 0 aliphatic carbocycles. The number of fused-ring (bicyclic) bond motifs is 2. The number of aryl methyl sites for hydroxylation is 1. The van der Waals surface area contributed by atoms with Gasteiger partial charge in [0.1, 0.15) is 10.8 Å². The highest BCUT2D eigenvalue weighted by atomic mass is 35.5. The first-order valence-electron chi connectivity index (χ1n) is 25.8. The van der Waals surface area contributed by atoms with E-state index in [0.717, 1.165) is 16.8 Å². The van der Waals surface area contributed by atoms with Gasteiger partial charge in [-0.15, -0.1) is 0 Å². The molecule has 79 heavy (non-hydrogen) atoms. The van der Waals surface area contributed by atoms with Gasteiger partial charge in [-0.2, -0.15) is 10.1 Å². The molecule has 3 aromatic heterocycles. The van der Waals surface area contributed by atoms with E-state index in [1.54, 1.807) is 60.5 Å². The van der Waals surface area contributed by atoms with Crippen molar-refractivity contribution in [1.29, 1.82) is 0 Å². The van der Waals surface area contributed by atoms with E-state index in [9.17, 15) is 28.8 Å². The lowest BCUT2D eigenvalue weighted by Gasteiger charge is -2.33. The van der Waals surface area contributed by atoms with Gasteiger partial charge in [-0.05, 0) is 82.7 Å². The summed E-state index contributed by atoms with van der Waals surface area (Å²) in [4.78, 5) is 92.8. The number of carbonyl (C=O) groups excluding carboxylic acids is 5. The van der Waals surface area contributed by atoms with Crippen molar-refractivity contribution >= 4 is 81.1 Å². The number of rotatable bonds is 21. The Morgan fingerprint density at radius 3 is 2.42 bits per heavy atom. The molecule has 2 aliphatic heterocycles. The van der Waals surface area contributed by atoms with Crippen LogP contribution in [0.25, 0.3) is 10.9 Å². The lowest BCUT2D eigenvalue weighted by Crippen LogP contribution is -2.48. The minimum Gasteiger partial charge on any atom is -0.494 e. The molecule has 0 unspecified atom stereocenters. The lowest BCUT2D eigenvalue weighted by molar-refractivity contribution is -0.125. The number of nitrogens with one attached hydrogen (secondary N) is 8. The second-order valence-electron chi connectivity index (χ2n) is 19.7. The number of hydrogen-bond acceptors (Lipinski definition) is 15. The van der Waals surface area contributed by atoms with Crippen molar-refractivity contribution in [3.05, 3.63) is 129 Å². The predicted molar refractivity (Wildman–Crippen MR) is 302 cm³/mol. The van der Waals surface area contributed by atoms with Gasteiger partial charge in [-0.1, -0.05) is 48.0 Å². The third kappa shape index (κ3) is 13.4. The number of piperidine rings is 1. The molecule has 0 spiro atoms. The third-order valence-corrected chi connectivity index (χ3v) is 14.3. The van der Waals surface area contributed by atoms with E-state index in [-0.39, 0.29) is 59.6 Å². The molecule has 23 nitrogen and oxygen atoms in total. The zero-order chi connectivity index (χ0) is 56.4. The number of methoxy groups -OCH3 is 1. The summed E-state index contributed by atoms with van der Waals surface area (Å²) in [6.45, 7) is 6.86. The number of urea groups is 1. The van der Waals surface area contributed by atoms with Gasteiger partial charge in [0.25, 0.3) is 17.4 Å². The number of likely N-dealkylation sites (N-methyl/N-ethyl adjacent to an activating group) is 3. The first-order valence-corrected chi connectivity index (χ1v) is 26.2. The molecule has 1 saturated heterocycles. The number of halogens is 1. The molecule has 0 bridgehead atoms. The smallest absolute Gasteiger partial charge is 0.319 e. The topological polar surface area (TPSA) is 274 Å². The first kappa shape index (κ1) is 56.7. The van der Waals surface area contributed by atoms with Crippen molar-refractivity contribution in [2.75, 3.05) is 95.0 Å². The Balaban J connectivity index is 0.751. The van der Waals surface area contributed by atoms with Crippen molar-refractivity contribution in [2.45, 2.75) is 44.8 Å². The molecule has 5 heterocycles. The van der Waals surface area contributed by atoms with Crippen LogP contribution in [0, 0.1) is 5.92 Å². The number of H-pyrrole nitrogens is 1. The highest BCUT2D eigenvalue weighted by Gasteiger charge is 2.44. The van der Waals surface area contributed by atoms with Gasteiger partial charge in [0.05, 0.1) is 42.6 Å². The summed E-state index contributed by atoms with van der Waals surface area (Å²) in [5.41, 5.74) is 3.24. The Morgan fingerprint density at radius 1 is 0.962 bits per heavy atom. The molecule has 3 aromatic carbocycles. The number of pyridine rings is 1. The van der Waals surface area contributed by atoms with E-state index in [4.69, 9.17) is 26.1 Å². The van der Waals surface area contributed by atoms with Crippen molar-refractivity contribution in [3.8, 4) is 11.5 Å². The van der Waals surface area contributed by atoms with Gasteiger partial charge in [0.2, 0.25) is 17.8 Å². The van der Waals surface area contributed by atoms with Crippen molar-refractivity contribution in [2.24, 2.45) is 13.0 Å². The van der Waals surface area contributed by atoms with Gasteiger partial charge in [-0.25, -0.2) is 9.78 Å². The molecular weight excluding hydrogens is 1030 g/mol. The van der Waals surface area contributed by atoms with Gasteiger partial charge in [0.15, 0.2) is 24.0 Å². The van der Waals surface area contributed by atoms with Crippen LogP contribution in [-0.4, -0.2) is 138 Å². The molecule has 8 rings (SSSR count). The summed E-state index contributed by atoms with van der Waals surface area (Å²) in [7, 11) is 8.31. The van der Waals surface area contributed by atoms with E-state index >= 15 is 0 Å².